The number of carbonyl (C=O) groups is 1. The normalized spacial score (nSPS) is 11.9. The molecule has 8 heteroatoms. The van der Waals surface area contributed by atoms with E-state index in [1.54, 1.807) is 18.7 Å². The van der Waals surface area contributed by atoms with Crippen molar-refractivity contribution in [1.82, 2.24) is 10.2 Å². The molecule has 0 saturated heterocycles. The van der Waals surface area contributed by atoms with Gasteiger partial charge in [-0.2, -0.15) is 0 Å². The molecular weight excluding hydrogens is 342 g/mol. The molecule has 1 atom stereocenters. The number of hydrogen-bond donors (Lipinski definition) is 1. The number of carbonyl (C=O) groups excluding carboxylic acids is 1. The van der Waals surface area contributed by atoms with Gasteiger partial charge < -0.3 is 4.74 Å². The Morgan fingerprint density at radius 3 is 2.91 bits per heavy atom. The maximum absolute atomic E-state index is 11.4. The number of hydrogen-bond acceptors (Lipinski definition) is 6. The molecule has 0 fully saturated rings. The first kappa shape index (κ1) is 17.1. The fourth-order valence-corrected chi connectivity index (χ4v) is 3.24. The summed E-state index contributed by atoms with van der Waals surface area (Å²) < 4.78 is 6.43. The molecule has 5 nitrogen and oxygen atoms in total. The van der Waals surface area contributed by atoms with Crippen molar-refractivity contribution in [3.63, 3.8) is 0 Å². The zero-order valence-electron chi connectivity index (χ0n) is 12.0. The van der Waals surface area contributed by atoms with Crippen molar-refractivity contribution in [3.05, 3.63) is 30.3 Å². The highest BCUT2D eigenvalue weighted by molar-refractivity contribution is 8.01. The Morgan fingerprint density at radius 2 is 2.18 bits per heavy atom. The van der Waals surface area contributed by atoms with Gasteiger partial charge in [0.1, 0.15) is 11.1 Å². The number of amides is 1. The molecule has 118 valence electrons. The number of nitrogens with one attached hydrogen (secondary N) is 1. The van der Waals surface area contributed by atoms with Crippen LogP contribution in [0.2, 0.25) is 0 Å². The maximum Gasteiger partial charge on any atom is 0.243 e. The molecule has 1 heterocycles. The number of halogens is 1. The van der Waals surface area contributed by atoms with E-state index in [0.29, 0.717) is 11.7 Å². The number of anilines is 1. The van der Waals surface area contributed by atoms with Gasteiger partial charge in [-0.15, -0.1) is 21.8 Å². The summed E-state index contributed by atoms with van der Waals surface area (Å²) >= 11 is 8.61. The highest BCUT2D eigenvalue weighted by atomic mass is 35.5. The van der Waals surface area contributed by atoms with Gasteiger partial charge >= 0.3 is 0 Å². The first-order valence-electron chi connectivity index (χ1n) is 6.74. The molecule has 22 heavy (non-hydrogen) atoms. The quantitative estimate of drug-likeness (QED) is 0.338. The van der Waals surface area contributed by atoms with Gasteiger partial charge in [-0.1, -0.05) is 41.3 Å². The van der Waals surface area contributed by atoms with Crippen molar-refractivity contribution in [2.75, 3.05) is 17.7 Å². The van der Waals surface area contributed by atoms with Crippen LogP contribution in [0.4, 0.5) is 5.13 Å². The van der Waals surface area contributed by atoms with Crippen LogP contribution in [0.3, 0.4) is 0 Å². The van der Waals surface area contributed by atoms with Crippen molar-refractivity contribution >= 4 is 45.7 Å². The topological polar surface area (TPSA) is 64.1 Å². The molecule has 0 bridgehead atoms. The molecule has 1 aromatic carbocycles. The highest BCUT2D eigenvalue weighted by Gasteiger charge is 2.12. The lowest BCUT2D eigenvalue weighted by molar-refractivity contribution is -0.115. The number of aromatic nitrogens is 2. The number of ether oxygens (including phenoxy) is 1. The van der Waals surface area contributed by atoms with Crippen LogP contribution in [0, 0.1) is 0 Å². The van der Waals surface area contributed by atoms with Crippen LogP contribution in [0.5, 0.6) is 5.75 Å². The van der Waals surface area contributed by atoms with E-state index < -0.39 is 5.38 Å². The molecule has 2 aromatic rings. The number of rotatable bonds is 8. The number of nitrogens with zero attached hydrogens (tertiary/aromatic N) is 2. The lowest BCUT2D eigenvalue weighted by atomic mass is 10.3. The number of thioether (sulfide) groups is 1. The molecule has 2 rings (SSSR count). The van der Waals surface area contributed by atoms with Crippen molar-refractivity contribution in [1.29, 1.82) is 0 Å². The Hall–Kier alpha value is -1.31. The van der Waals surface area contributed by atoms with Gasteiger partial charge in [-0.3, -0.25) is 10.1 Å². The lowest BCUT2D eigenvalue weighted by Crippen LogP contribution is -2.20. The third-order valence-electron chi connectivity index (χ3n) is 2.52. The van der Waals surface area contributed by atoms with Crippen LogP contribution in [-0.4, -0.2) is 33.8 Å². The molecule has 1 amide bonds. The smallest absolute Gasteiger partial charge is 0.243 e. The second-order valence-electron chi connectivity index (χ2n) is 4.34. The van der Waals surface area contributed by atoms with E-state index in [9.17, 15) is 4.79 Å². The Kier molecular flexibility index (Phi) is 6.95. The summed E-state index contributed by atoms with van der Waals surface area (Å²) in [6.07, 6.45) is 0.902. The Bertz CT molecular complexity index is 593. The van der Waals surface area contributed by atoms with E-state index >= 15 is 0 Å². The molecule has 1 aromatic heterocycles. The minimum absolute atomic E-state index is 0.273. The van der Waals surface area contributed by atoms with Gasteiger partial charge in [0.2, 0.25) is 11.0 Å². The van der Waals surface area contributed by atoms with Crippen molar-refractivity contribution in [2.45, 2.75) is 23.1 Å². The SMILES string of the molecule is C[C@@H](Cl)C(=O)Nc1nnc(SCCCOc2ccccc2)s1. The van der Waals surface area contributed by atoms with E-state index in [4.69, 9.17) is 16.3 Å². The van der Waals surface area contributed by atoms with Gasteiger partial charge in [-0.25, -0.2) is 0 Å². The lowest BCUT2D eigenvalue weighted by Gasteiger charge is -2.04. The van der Waals surface area contributed by atoms with E-state index in [1.807, 2.05) is 30.3 Å². The van der Waals surface area contributed by atoms with Crippen LogP contribution < -0.4 is 10.1 Å². The van der Waals surface area contributed by atoms with Crippen molar-refractivity contribution in [3.8, 4) is 5.75 Å². The Balaban J connectivity index is 1.65. The number of benzene rings is 1. The molecule has 0 aliphatic carbocycles. The van der Waals surface area contributed by atoms with E-state index in [0.717, 1.165) is 22.3 Å². The van der Waals surface area contributed by atoms with E-state index in [2.05, 4.69) is 15.5 Å². The van der Waals surface area contributed by atoms with Crippen molar-refractivity contribution in [2.24, 2.45) is 0 Å². The van der Waals surface area contributed by atoms with E-state index in [-0.39, 0.29) is 5.91 Å². The van der Waals surface area contributed by atoms with Crippen LogP contribution in [0.1, 0.15) is 13.3 Å². The second-order valence-corrected chi connectivity index (χ2v) is 7.32. The van der Waals surface area contributed by atoms with Crippen LogP contribution in [0.25, 0.3) is 0 Å². The predicted molar refractivity (Wildman–Crippen MR) is 91.1 cm³/mol. The average Bonchev–Trinajstić information content (AvgIpc) is 2.95. The van der Waals surface area contributed by atoms with Gasteiger partial charge in [0.15, 0.2) is 4.34 Å². The fourth-order valence-electron chi connectivity index (χ4n) is 1.45. The van der Waals surface area contributed by atoms with Gasteiger partial charge in [-0.05, 0) is 25.5 Å². The minimum atomic E-state index is -0.588. The zero-order valence-corrected chi connectivity index (χ0v) is 14.4. The molecule has 0 spiro atoms. The molecule has 1 N–H and O–H groups in total. The first-order chi connectivity index (χ1) is 10.6. The molecule has 0 aliphatic heterocycles. The minimum Gasteiger partial charge on any atom is -0.494 e. The Morgan fingerprint density at radius 1 is 1.41 bits per heavy atom. The Labute approximate surface area is 142 Å². The maximum atomic E-state index is 11.4. The number of alkyl halides is 1. The standard InChI is InChI=1S/C14H16ClN3O2S2/c1-10(15)12(19)16-13-17-18-14(22-13)21-9-5-8-20-11-6-3-2-4-7-11/h2-4,6-7,10H,5,8-9H2,1H3,(H,16,17,19)/t10-/m1/s1. The van der Waals surface area contributed by atoms with Gasteiger partial charge in [0, 0.05) is 5.75 Å². The number of para-hydroxylation sites is 1. The highest BCUT2D eigenvalue weighted by Crippen LogP contribution is 2.26. The van der Waals surface area contributed by atoms with Crippen molar-refractivity contribution < 1.29 is 9.53 Å². The van der Waals surface area contributed by atoms with E-state index in [1.165, 1.54) is 11.3 Å². The fraction of sp³-hybridized carbons (Fsp3) is 0.357. The average molecular weight is 358 g/mol. The monoisotopic (exact) mass is 357 g/mol. The second kappa shape index (κ2) is 8.97. The third kappa shape index (κ3) is 5.82. The summed E-state index contributed by atoms with van der Waals surface area (Å²) in [7, 11) is 0. The summed E-state index contributed by atoms with van der Waals surface area (Å²) in [4.78, 5) is 11.4. The summed E-state index contributed by atoms with van der Waals surface area (Å²) in [6, 6.07) is 9.72. The van der Waals surface area contributed by atoms with Gasteiger partial charge in [0.25, 0.3) is 0 Å². The summed E-state index contributed by atoms with van der Waals surface area (Å²) in [5.74, 6) is 1.48. The molecular formula is C14H16ClN3O2S2. The zero-order chi connectivity index (χ0) is 15.8. The predicted octanol–water partition coefficient (Wildman–Crippen LogP) is 3.67. The molecule has 0 radical (unpaired) electrons. The molecule has 0 unspecified atom stereocenters. The third-order valence-corrected chi connectivity index (χ3v) is 4.78. The van der Waals surface area contributed by atoms with Crippen LogP contribution >= 0.6 is 34.7 Å². The first-order valence-corrected chi connectivity index (χ1v) is 8.98. The van der Waals surface area contributed by atoms with Crippen LogP contribution in [-0.2, 0) is 4.79 Å². The summed E-state index contributed by atoms with van der Waals surface area (Å²) in [6.45, 7) is 2.27. The molecule has 0 saturated carbocycles. The summed E-state index contributed by atoms with van der Waals surface area (Å²) in [5, 5.41) is 10.4. The summed E-state index contributed by atoms with van der Waals surface area (Å²) in [5.41, 5.74) is 0. The molecule has 0 aliphatic rings. The van der Waals surface area contributed by atoms with Gasteiger partial charge in [0.05, 0.1) is 6.61 Å². The van der Waals surface area contributed by atoms with Crippen LogP contribution in [0.15, 0.2) is 34.7 Å². The largest absolute Gasteiger partial charge is 0.494 e.